The van der Waals surface area contributed by atoms with Crippen molar-refractivity contribution in [1.29, 1.82) is 0 Å². The highest BCUT2D eigenvalue weighted by Crippen LogP contribution is 2.30. The molecule has 2 saturated heterocycles. The van der Waals surface area contributed by atoms with Gasteiger partial charge in [-0.15, -0.1) is 0 Å². The molecule has 1 aliphatic carbocycles. The van der Waals surface area contributed by atoms with Gasteiger partial charge in [0.1, 0.15) is 18.0 Å². The predicted molar refractivity (Wildman–Crippen MR) is 123 cm³/mol. The standard InChI is InChI=1S/C24H34N6/c1-2-10-30(11-3-1)24-16-23(26-19-27-24)25-17-20-6-8-22(9-7-20)29-14-12-28(13-15-29)18-21-4-5-21/h6-9,16,19,21H,1-5,10-15,17-18H2,(H,25,26,27). The number of aromatic nitrogens is 2. The highest BCUT2D eigenvalue weighted by Gasteiger charge is 2.26. The molecule has 0 bridgehead atoms. The van der Waals surface area contributed by atoms with E-state index in [9.17, 15) is 0 Å². The van der Waals surface area contributed by atoms with E-state index in [1.54, 1.807) is 6.33 Å². The molecule has 0 radical (unpaired) electrons. The second kappa shape index (κ2) is 9.21. The van der Waals surface area contributed by atoms with Crippen LogP contribution < -0.4 is 15.1 Å². The summed E-state index contributed by atoms with van der Waals surface area (Å²) in [5.41, 5.74) is 2.63. The van der Waals surface area contributed by atoms with Crippen LogP contribution in [-0.4, -0.2) is 60.7 Å². The minimum Gasteiger partial charge on any atom is -0.369 e. The molecule has 0 unspecified atom stereocenters. The van der Waals surface area contributed by atoms with Crippen molar-refractivity contribution in [3.8, 4) is 0 Å². The van der Waals surface area contributed by atoms with Crippen molar-refractivity contribution >= 4 is 17.3 Å². The molecule has 3 fully saturated rings. The van der Waals surface area contributed by atoms with Gasteiger partial charge in [0.2, 0.25) is 0 Å². The first-order valence-electron chi connectivity index (χ1n) is 11.7. The first-order chi connectivity index (χ1) is 14.8. The number of piperidine rings is 1. The molecule has 1 saturated carbocycles. The van der Waals surface area contributed by atoms with Crippen molar-refractivity contribution in [2.24, 2.45) is 5.92 Å². The topological polar surface area (TPSA) is 47.5 Å². The number of rotatable bonds is 7. The maximum atomic E-state index is 4.47. The van der Waals surface area contributed by atoms with E-state index in [2.05, 4.69) is 60.3 Å². The van der Waals surface area contributed by atoms with Crippen LogP contribution >= 0.6 is 0 Å². The molecule has 3 heterocycles. The normalized spacial score (nSPS) is 20.4. The van der Waals surface area contributed by atoms with Gasteiger partial charge < -0.3 is 15.1 Å². The second-order valence-electron chi connectivity index (χ2n) is 9.06. The Kier molecular flexibility index (Phi) is 6.02. The third-order valence-electron chi connectivity index (χ3n) is 6.69. The van der Waals surface area contributed by atoms with Gasteiger partial charge in [-0.1, -0.05) is 12.1 Å². The zero-order valence-electron chi connectivity index (χ0n) is 18.0. The summed E-state index contributed by atoms with van der Waals surface area (Å²) in [6.07, 6.45) is 8.43. The Morgan fingerprint density at radius 2 is 1.60 bits per heavy atom. The fourth-order valence-corrected chi connectivity index (χ4v) is 4.61. The van der Waals surface area contributed by atoms with Gasteiger partial charge in [0.15, 0.2) is 0 Å². The van der Waals surface area contributed by atoms with E-state index < -0.39 is 0 Å². The van der Waals surface area contributed by atoms with Crippen molar-refractivity contribution in [2.45, 2.75) is 38.6 Å². The number of nitrogens with one attached hydrogen (secondary N) is 1. The van der Waals surface area contributed by atoms with Crippen LogP contribution in [0.1, 0.15) is 37.7 Å². The molecule has 1 N–H and O–H groups in total. The van der Waals surface area contributed by atoms with E-state index >= 15 is 0 Å². The van der Waals surface area contributed by atoms with Crippen LogP contribution in [0.4, 0.5) is 17.3 Å². The molecule has 5 rings (SSSR count). The highest BCUT2D eigenvalue weighted by atomic mass is 15.3. The van der Waals surface area contributed by atoms with Crippen LogP contribution in [-0.2, 0) is 6.54 Å². The fourth-order valence-electron chi connectivity index (χ4n) is 4.61. The van der Waals surface area contributed by atoms with E-state index in [1.165, 1.54) is 63.0 Å². The molecule has 30 heavy (non-hydrogen) atoms. The zero-order chi connectivity index (χ0) is 20.2. The van der Waals surface area contributed by atoms with Crippen LogP contribution in [0.2, 0.25) is 0 Å². The molecule has 3 aliphatic rings. The van der Waals surface area contributed by atoms with Crippen LogP contribution in [0.15, 0.2) is 36.7 Å². The summed E-state index contributed by atoms with van der Waals surface area (Å²) in [7, 11) is 0. The van der Waals surface area contributed by atoms with Gasteiger partial charge >= 0.3 is 0 Å². The van der Waals surface area contributed by atoms with Crippen molar-refractivity contribution in [1.82, 2.24) is 14.9 Å². The van der Waals surface area contributed by atoms with Crippen LogP contribution in [0.3, 0.4) is 0 Å². The van der Waals surface area contributed by atoms with Gasteiger partial charge in [0.25, 0.3) is 0 Å². The van der Waals surface area contributed by atoms with Gasteiger partial charge in [-0.25, -0.2) is 9.97 Å². The van der Waals surface area contributed by atoms with Crippen LogP contribution in [0.25, 0.3) is 0 Å². The third-order valence-corrected chi connectivity index (χ3v) is 6.69. The molecule has 1 aromatic heterocycles. The number of nitrogens with zero attached hydrogens (tertiary/aromatic N) is 5. The number of anilines is 3. The quantitative estimate of drug-likeness (QED) is 0.758. The Morgan fingerprint density at radius 1 is 0.833 bits per heavy atom. The lowest BCUT2D eigenvalue weighted by molar-refractivity contribution is 0.248. The average molecular weight is 407 g/mol. The van der Waals surface area contributed by atoms with Gasteiger partial charge in [-0.05, 0) is 55.7 Å². The summed E-state index contributed by atoms with van der Waals surface area (Å²) in [5, 5.41) is 3.47. The summed E-state index contributed by atoms with van der Waals surface area (Å²) in [4.78, 5) is 16.4. The third kappa shape index (κ3) is 5.04. The summed E-state index contributed by atoms with van der Waals surface area (Å²) in [6, 6.07) is 11.1. The SMILES string of the molecule is c1nc(NCc2ccc(N3CCN(CC4CC4)CC3)cc2)cc(N2CCCCC2)n1. The molecular weight excluding hydrogens is 372 g/mol. The minimum absolute atomic E-state index is 0.784. The van der Waals surface area contributed by atoms with Crippen molar-refractivity contribution in [3.05, 3.63) is 42.2 Å². The Balaban J connectivity index is 1.12. The van der Waals surface area contributed by atoms with Gasteiger partial charge in [0.05, 0.1) is 0 Å². The molecule has 2 aromatic rings. The first kappa shape index (κ1) is 19.6. The smallest absolute Gasteiger partial charge is 0.134 e. The molecule has 6 nitrogen and oxygen atoms in total. The van der Waals surface area contributed by atoms with Crippen molar-refractivity contribution in [2.75, 3.05) is 60.9 Å². The Hall–Kier alpha value is -2.34. The maximum Gasteiger partial charge on any atom is 0.134 e. The van der Waals surface area contributed by atoms with Crippen molar-refractivity contribution < 1.29 is 0 Å². The monoisotopic (exact) mass is 406 g/mol. The minimum atomic E-state index is 0.784. The average Bonchev–Trinajstić information content (AvgIpc) is 3.63. The predicted octanol–water partition coefficient (Wildman–Crippen LogP) is 3.61. The summed E-state index contributed by atoms with van der Waals surface area (Å²) in [6.45, 7) is 9.00. The summed E-state index contributed by atoms with van der Waals surface area (Å²) >= 11 is 0. The van der Waals surface area contributed by atoms with Gasteiger partial charge in [-0.3, -0.25) is 4.90 Å². The number of hydrogen-bond acceptors (Lipinski definition) is 6. The molecular formula is C24H34N6. The maximum absolute atomic E-state index is 4.47. The Labute approximate surface area is 180 Å². The summed E-state index contributed by atoms with van der Waals surface area (Å²) < 4.78 is 0. The molecule has 1 aromatic carbocycles. The molecule has 0 amide bonds. The molecule has 0 spiro atoms. The lowest BCUT2D eigenvalue weighted by Gasteiger charge is -2.36. The van der Waals surface area contributed by atoms with E-state index in [0.29, 0.717) is 0 Å². The van der Waals surface area contributed by atoms with Gasteiger partial charge in [-0.2, -0.15) is 0 Å². The molecule has 6 heteroatoms. The number of hydrogen-bond donors (Lipinski definition) is 1. The molecule has 2 aliphatic heterocycles. The lowest BCUT2D eigenvalue weighted by Crippen LogP contribution is -2.47. The largest absolute Gasteiger partial charge is 0.369 e. The van der Waals surface area contributed by atoms with Crippen LogP contribution in [0.5, 0.6) is 0 Å². The number of benzene rings is 1. The molecule has 0 atom stereocenters. The van der Waals surface area contributed by atoms with E-state index in [1.807, 2.05) is 0 Å². The number of piperazine rings is 1. The Morgan fingerprint density at radius 3 is 2.33 bits per heavy atom. The first-order valence-corrected chi connectivity index (χ1v) is 11.7. The van der Waals surface area contributed by atoms with Gasteiger partial charge in [0, 0.05) is 64.1 Å². The fraction of sp³-hybridized carbons (Fsp3) is 0.583. The molecule has 160 valence electrons. The van der Waals surface area contributed by atoms with Crippen molar-refractivity contribution in [3.63, 3.8) is 0 Å². The van der Waals surface area contributed by atoms with E-state index in [0.717, 1.165) is 50.3 Å². The van der Waals surface area contributed by atoms with E-state index in [4.69, 9.17) is 0 Å². The van der Waals surface area contributed by atoms with Crippen LogP contribution in [0, 0.1) is 5.92 Å². The lowest BCUT2D eigenvalue weighted by atomic mass is 10.1. The zero-order valence-corrected chi connectivity index (χ0v) is 18.0. The highest BCUT2D eigenvalue weighted by molar-refractivity contribution is 5.51. The second-order valence-corrected chi connectivity index (χ2v) is 9.06. The van der Waals surface area contributed by atoms with E-state index in [-0.39, 0.29) is 0 Å². The Bertz CT molecular complexity index is 805. The summed E-state index contributed by atoms with van der Waals surface area (Å²) in [5.74, 6) is 2.94.